The van der Waals surface area contributed by atoms with E-state index < -0.39 is 0 Å². The second-order valence-corrected chi connectivity index (χ2v) is 5.02. The summed E-state index contributed by atoms with van der Waals surface area (Å²) in [4.78, 5) is 0. The van der Waals surface area contributed by atoms with Crippen LogP contribution in [0.2, 0.25) is 0 Å². The van der Waals surface area contributed by atoms with E-state index in [9.17, 15) is 0 Å². The molecule has 0 unspecified atom stereocenters. The fourth-order valence-electron chi connectivity index (χ4n) is 2.43. The predicted molar refractivity (Wildman–Crippen MR) is 78.4 cm³/mol. The molecule has 3 heteroatoms. The SMILES string of the molecule is CCCNCc1oc2c(C)ccc(C)c2c1COC. The Morgan fingerprint density at radius 2 is 1.95 bits per heavy atom. The Balaban J connectivity index is 2.47. The number of fused-ring (bicyclic) bond motifs is 1. The van der Waals surface area contributed by atoms with E-state index in [1.807, 2.05) is 0 Å². The third-order valence-corrected chi connectivity index (χ3v) is 3.43. The van der Waals surface area contributed by atoms with Crippen molar-refractivity contribution in [3.63, 3.8) is 0 Å². The van der Waals surface area contributed by atoms with Crippen LogP contribution in [0.5, 0.6) is 0 Å². The Morgan fingerprint density at radius 1 is 1.21 bits per heavy atom. The summed E-state index contributed by atoms with van der Waals surface area (Å²) in [6.45, 7) is 8.74. The molecule has 1 aromatic heterocycles. The molecule has 0 amide bonds. The topological polar surface area (TPSA) is 34.4 Å². The minimum Gasteiger partial charge on any atom is -0.459 e. The molecule has 1 N–H and O–H groups in total. The van der Waals surface area contributed by atoms with E-state index in [2.05, 4.69) is 38.2 Å². The highest BCUT2D eigenvalue weighted by Crippen LogP contribution is 2.31. The van der Waals surface area contributed by atoms with Crippen molar-refractivity contribution in [2.24, 2.45) is 0 Å². The van der Waals surface area contributed by atoms with Crippen molar-refractivity contribution in [3.05, 3.63) is 34.6 Å². The molecule has 0 saturated carbocycles. The monoisotopic (exact) mass is 261 g/mol. The van der Waals surface area contributed by atoms with Crippen LogP contribution in [-0.4, -0.2) is 13.7 Å². The number of aryl methyl sites for hydroxylation is 2. The van der Waals surface area contributed by atoms with Gasteiger partial charge in [-0.05, 0) is 37.9 Å². The number of methoxy groups -OCH3 is 1. The van der Waals surface area contributed by atoms with Gasteiger partial charge in [0, 0.05) is 18.1 Å². The zero-order valence-corrected chi connectivity index (χ0v) is 12.3. The van der Waals surface area contributed by atoms with E-state index in [-0.39, 0.29) is 0 Å². The second-order valence-electron chi connectivity index (χ2n) is 5.02. The molecular formula is C16H23NO2. The lowest BCUT2D eigenvalue weighted by molar-refractivity contribution is 0.183. The Morgan fingerprint density at radius 3 is 2.63 bits per heavy atom. The molecular weight excluding hydrogens is 238 g/mol. The van der Waals surface area contributed by atoms with Gasteiger partial charge in [0.1, 0.15) is 11.3 Å². The van der Waals surface area contributed by atoms with Crippen LogP contribution in [0.25, 0.3) is 11.0 Å². The summed E-state index contributed by atoms with van der Waals surface area (Å²) >= 11 is 0. The van der Waals surface area contributed by atoms with Crippen molar-refractivity contribution in [1.82, 2.24) is 5.32 Å². The molecule has 0 aliphatic heterocycles. The Kier molecular flexibility index (Phi) is 4.61. The minimum absolute atomic E-state index is 0.598. The summed E-state index contributed by atoms with van der Waals surface area (Å²) in [5, 5.41) is 4.62. The van der Waals surface area contributed by atoms with E-state index in [0.717, 1.165) is 30.9 Å². The van der Waals surface area contributed by atoms with Crippen LogP contribution < -0.4 is 5.32 Å². The minimum atomic E-state index is 0.598. The Labute approximate surface area is 114 Å². The smallest absolute Gasteiger partial charge is 0.137 e. The van der Waals surface area contributed by atoms with E-state index in [1.54, 1.807) is 7.11 Å². The first kappa shape index (κ1) is 14.1. The van der Waals surface area contributed by atoms with Gasteiger partial charge in [-0.2, -0.15) is 0 Å². The molecule has 3 nitrogen and oxygen atoms in total. The van der Waals surface area contributed by atoms with Crippen molar-refractivity contribution in [3.8, 4) is 0 Å². The fourth-order valence-corrected chi connectivity index (χ4v) is 2.43. The Bertz CT molecular complexity index is 557. The highest BCUT2D eigenvalue weighted by atomic mass is 16.5. The maximum Gasteiger partial charge on any atom is 0.137 e. The van der Waals surface area contributed by atoms with Gasteiger partial charge in [0.15, 0.2) is 0 Å². The Hall–Kier alpha value is -1.32. The molecule has 0 saturated heterocycles. The van der Waals surface area contributed by atoms with E-state index in [4.69, 9.17) is 9.15 Å². The molecule has 0 bridgehead atoms. The zero-order valence-electron chi connectivity index (χ0n) is 12.3. The molecule has 0 aliphatic rings. The number of nitrogens with one attached hydrogen (secondary N) is 1. The first-order valence-corrected chi connectivity index (χ1v) is 6.89. The van der Waals surface area contributed by atoms with Crippen molar-refractivity contribution < 1.29 is 9.15 Å². The summed E-state index contributed by atoms with van der Waals surface area (Å²) in [7, 11) is 1.73. The van der Waals surface area contributed by atoms with Crippen LogP contribution in [0.4, 0.5) is 0 Å². The first-order chi connectivity index (χ1) is 9.19. The number of hydrogen-bond acceptors (Lipinski definition) is 3. The van der Waals surface area contributed by atoms with Gasteiger partial charge in [-0.15, -0.1) is 0 Å². The number of benzene rings is 1. The molecule has 2 aromatic rings. The van der Waals surface area contributed by atoms with Crippen LogP contribution in [0.3, 0.4) is 0 Å². The molecule has 1 heterocycles. The van der Waals surface area contributed by atoms with Gasteiger partial charge in [0.2, 0.25) is 0 Å². The van der Waals surface area contributed by atoms with Crippen molar-refractivity contribution >= 4 is 11.0 Å². The van der Waals surface area contributed by atoms with Crippen molar-refractivity contribution in [2.45, 2.75) is 40.3 Å². The van der Waals surface area contributed by atoms with E-state index >= 15 is 0 Å². The van der Waals surface area contributed by atoms with Crippen molar-refractivity contribution in [2.75, 3.05) is 13.7 Å². The average molecular weight is 261 g/mol. The molecule has 0 spiro atoms. The highest BCUT2D eigenvalue weighted by molar-refractivity contribution is 5.88. The fraction of sp³-hybridized carbons (Fsp3) is 0.500. The maximum atomic E-state index is 6.07. The third-order valence-electron chi connectivity index (χ3n) is 3.43. The average Bonchev–Trinajstić information content (AvgIpc) is 2.75. The standard InChI is InChI=1S/C16H23NO2/c1-5-8-17-9-14-13(10-18-4)15-11(2)6-7-12(3)16(15)19-14/h6-7,17H,5,8-10H2,1-4H3. The second kappa shape index (κ2) is 6.22. The summed E-state index contributed by atoms with van der Waals surface area (Å²) in [5.41, 5.74) is 4.61. The largest absolute Gasteiger partial charge is 0.459 e. The highest BCUT2D eigenvalue weighted by Gasteiger charge is 2.16. The zero-order chi connectivity index (χ0) is 13.8. The van der Waals surface area contributed by atoms with Crippen LogP contribution >= 0.6 is 0 Å². The molecule has 104 valence electrons. The number of rotatable bonds is 6. The first-order valence-electron chi connectivity index (χ1n) is 6.89. The summed E-state index contributed by atoms with van der Waals surface area (Å²) in [5.74, 6) is 1.00. The van der Waals surface area contributed by atoms with Gasteiger partial charge in [0.05, 0.1) is 13.2 Å². The van der Waals surface area contributed by atoms with E-state index in [1.165, 1.54) is 22.1 Å². The van der Waals surface area contributed by atoms with Gasteiger partial charge < -0.3 is 14.5 Å². The molecule has 1 aromatic carbocycles. The maximum absolute atomic E-state index is 6.07. The molecule has 19 heavy (non-hydrogen) atoms. The lowest BCUT2D eigenvalue weighted by Gasteiger charge is -2.04. The number of hydrogen-bond donors (Lipinski definition) is 1. The lowest BCUT2D eigenvalue weighted by atomic mass is 10.0. The van der Waals surface area contributed by atoms with Gasteiger partial charge in [-0.25, -0.2) is 0 Å². The summed E-state index contributed by atoms with van der Waals surface area (Å²) < 4.78 is 11.4. The van der Waals surface area contributed by atoms with E-state index in [0.29, 0.717) is 6.61 Å². The molecule has 0 radical (unpaired) electrons. The van der Waals surface area contributed by atoms with Crippen LogP contribution in [-0.2, 0) is 17.9 Å². The van der Waals surface area contributed by atoms with Gasteiger partial charge in [0.25, 0.3) is 0 Å². The summed E-state index contributed by atoms with van der Waals surface area (Å²) in [6.07, 6.45) is 1.12. The van der Waals surface area contributed by atoms with Crippen molar-refractivity contribution in [1.29, 1.82) is 0 Å². The summed E-state index contributed by atoms with van der Waals surface area (Å²) in [6, 6.07) is 4.26. The molecule has 0 fully saturated rings. The molecule has 0 atom stereocenters. The van der Waals surface area contributed by atoms with Crippen LogP contribution in [0, 0.1) is 13.8 Å². The van der Waals surface area contributed by atoms with Gasteiger partial charge >= 0.3 is 0 Å². The van der Waals surface area contributed by atoms with Gasteiger partial charge in [-0.1, -0.05) is 19.1 Å². The normalized spacial score (nSPS) is 11.4. The van der Waals surface area contributed by atoms with Gasteiger partial charge in [-0.3, -0.25) is 0 Å². The van der Waals surface area contributed by atoms with Crippen LogP contribution in [0.1, 0.15) is 35.8 Å². The quantitative estimate of drug-likeness (QED) is 0.805. The predicted octanol–water partition coefficient (Wildman–Crippen LogP) is 3.70. The van der Waals surface area contributed by atoms with Crippen LogP contribution in [0.15, 0.2) is 16.5 Å². The number of furan rings is 1. The molecule has 0 aliphatic carbocycles. The number of ether oxygens (including phenoxy) is 1. The lowest BCUT2D eigenvalue weighted by Crippen LogP contribution is -2.14. The third kappa shape index (κ3) is 2.82. The molecule has 2 rings (SSSR count).